The van der Waals surface area contributed by atoms with Crippen LogP contribution in [-0.2, 0) is 9.84 Å². The molecular weight excluding hydrogens is 434 g/mol. The first-order valence-corrected chi connectivity index (χ1v) is 10.9. The van der Waals surface area contributed by atoms with Gasteiger partial charge in [0.25, 0.3) is 5.91 Å². The van der Waals surface area contributed by atoms with Crippen LogP contribution in [0, 0.1) is 5.41 Å². The van der Waals surface area contributed by atoms with Crippen LogP contribution in [0.4, 0.5) is 0 Å². The highest BCUT2D eigenvalue weighted by molar-refractivity contribution is 7.90. The maximum atomic E-state index is 12.3. The summed E-state index contributed by atoms with van der Waals surface area (Å²) in [7, 11) is -3.30. The van der Waals surface area contributed by atoms with Crippen molar-refractivity contribution in [3.8, 4) is 5.75 Å². The molecule has 1 aliphatic rings. The lowest BCUT2D eigenvalue weighted by molar-refractivity contribution is 0.0438. The van der Waals surface area contributed by atoms with Crippen molar-refractivity contribution in [3.05, 3.63) is 48.5 Å². The molecule has 0 spiro atoms. The Labute approximate surface area is 180 Å². The van der Waals surface area contributed by atoms with Crippen LogP contribution in [0.25, 0.3) is 0 Å². The molecule has 2 aromatic rings. The molecule has 0 radical (unpaired) electrons. The van der Waals surface area contributed by atoms with Crippen molar-refractivity contribution in [2.45, 2.75) is 29.9 Å². The van der Waals surface area contributed by atoms with Crippen LogP contribution in [0.1, 0.15) is 23.3 Å². The summed E-state index contributed by atoms with van der Waals surface area (Å²) >= 11 is 0. The second kappa shape index (κ2) is 9.69. The number of halogens is 1. The number of ether oxygens (including phenoxy) is 1. The summed E-state index contributed by atoms with van der Waals surface area (Å²) in [6.07, 6.45) is 4.01. The molecule has 0 aliphatic heterocycles. The summed E-state index contributed by atoms with van der Waals surface area (Å²) < 4.78 is 28.9. The van der Waals surface area contributed by atoms with Gasteiger partial charge in [0.05, 0.1) is 29.9 Å². The number of nitrogens with zero attached hydrogens (tertiary/aromatic N) is 2. The Kier molecular flexibility index (Phi) is 7.75. The first-order valence-electron chi connectivity index (χ1n) is 9.02. The number of aromatic nitrogens is 2. The van der Waals surface area contributed by atoms with Crippen molar-refractivity contribution in [3.63, 3.8) is 0 Å². The first-order chi connectivity index (χ1) is 13.7. The Morgan fingerprint density at radius 3 is 2.37 bits per heavy atom. The minimum atomic E-state index is -3.30. The zero-order valence-electron chi connectivity index (χ0n) is 16.3. The molecule has 30 heavy (non-hydrogen) atoms. The predicted octanol–water partition coefficient (Wildman–Crippen LogP) is 0.613. The fourth-order valence-electron chi connectivity index (χ4n) is 3.35. The van der Waals surface area contributed by atoms with E-state index in [0.29, 0.717) is 5.75 Å². The second-order valence-electron chi connectivity index (χ2n) is 7.35. The molecule has 9 nitrogen and oxygen atoms in total. The lowest BCUT2D eigenvalue weighted by Crippen LogP contribution is -2.40. The van der Waals surface area contributed by atoms with E-state index in [1.165, 1.54) is 30.7 Å². The molecule has 1 aromatic heterocycles. The monoisotopic (exact) mass is 457 g/mol. The van der Waals surface area contributed by atoms with Crippen LogP contribution in [0.5, 0.6) is 5.75 Å². The smallest absolute Gasteiger partial charge is 0.271 e. The number of nitrogens with one attached hydrogen (secondary N) is 1. The summed E-state index contributed by atoms with van der Waals surface area (Å²) in [5.41, 5.74) is -0.523. The molecule has 1 unspecified atom stereocenters. The number of rotatable bonds is 7. The van der Waals surface area contributed by atoms with Crippen LogP contribution in [0.15, 0.2) is 47.8 Å². The SMILES string of the molecule is CS(=O)(=O)c1ccc(OCC2(CNC(=O)c3cnccn3)C[C@@H](O)[C@@H](O)C2)cc1.Cl. The van der Waals surface area contributed by atoms with Crippen molar-refractivity contribution in [2.75, 3.05) is 19.4 Å². The van der Waals surface area contributed by atoms with E-state index in [9.17, 15) is 23.4 Å². The van der Waals surface area contributed by atoms with Crippen LogP contribution in [-0.4, -0.2) is 66.1 Å². The predicted molar refractivity (Wildman–Crippen MR) is 110 cm³/mol. The van der Waals surface area contributed by atoms with E-state index < -0.39 is 33.4 Å². The molecular formula is C19H24ClN3O6S. The number of amides is 1. The number of carbonyl (C=O) groups is 1. The molecule has 3 N–H and O–H groups in total. The van der Waals surface area contributed by atoms with E-state index in [4.69, 9.17) is 4.74 Å². The van der Waals surface area contributed by atoms with Gasteiger partial charge in [-0.05, 0) is 37.1 Å². The number of sulfone groups is 1. The summed E-state index contributed by atoms with van der Waals surface area (Å²) in [5, 5.41) is 22.8. The molecule has 1 amide bonds. The molecule has 0 bridgehead atoms. The standard InChI is InChI=1S/C19H23N3O6S.ClH/c1-29(26,27)14-4-2-13(3-5-14)28-12-19(8-16(23)17(24)9-19)11-22-18(25)15-10-20-6-7-21-15;/h2-7,10,16-17,23-24H,8-9,11-12H2,1H3,(H,22,25);1H/t16-,17+,19?;. The van der Waals surface area contributed by atoms with Gasteiger partial charge in [-0.3, -0.25) is 9.78 Å². The molecule has 3 rings (SSSR count). The van der Waals surface area contributed by atoms with E-state index in [-0.39, 0.29) is 49.0 Å². The largest absolute Gasteiger partial charge is 0.493 e. The number of hydrogen-bond donors (Lipinski definition) is 3. The fourth-order valence-corrected chi connectivity index (χ4v) is 3.98. The Hall–Kier alpha value is -2.27. The highest BCUT2D eigenvalue weighted by atomic mass is 35.5. The summed E-state index contributed by atoms with van der Waals surface area (Å²) in [6.45, 7) is 0.290. The van der Waals surface area contributed by atoms with Gasteiger partial charge in [-0.15, -0.1) is 12.4 Å². The normalized spacial score (nSPS) is 23.4. The molecule has 1 heterocycles. The molecule has 1 aliphatic carbocycles. The maximum absolute atomic E-state index is 12.3. The quantitative estimate of drug-likeness (QED) is 0.549. The lowest BCUT2D eigenvalue weighted by Gasteiger charge is -2.29. The maximum Gasteiger partial charge on any atom is 0.271 e. The second-order valence-corrected chi connectivity index (χ2v) is 9.36. The number of carbonyl (C=O) groups excluding carboxylic acids is 1. The minimum Gasteiger partial charge on any atom is -0.493 e. The Balaban J connectivity index is 0.00000320. The molecule has 0 saturated heterocycles. The van der Waals surface area contributed by atoms with Gasteiger partial charge in [0.1, 0.15) is 11.4 Å². The summed E-state index contributed by atoms with van der Waals surface area (Å²) in [5.74, 6) is 0.0405. The third kappa shape index (κ3) is 5.88. The van der Waals surface area contributed by atoms with E-state index >= 15 is 0 Å². The average Bonchev–Trinajstić information content (AvgIpc) is 2.99. The highest BCUT2D eigenvalue weighted by Crippen LogP contribution is 2.38. The van der Waals surface area contributed by atoms with Gasteiger partial charge in [-0.25, -0.2) is 13.4 Å². The molecule has 1 saturated carbocycles. The molecule has 3 atom stereocenters. The third-order valence-electron chi connectivity index (χ3n) is 4.95. The van der Waals surface area contributed by atoms with Gasteiger partial charge in [-0.1, -0.05) is 0 Å². The topological polar surface area (TPSA) is 139 Å². The van der Waals surface area contributed by atoms with E-state index in [0.717, 1.165) is 6.26 Å². The van der Waals surface area contributed by atoms with Crippen LogP contribution >= 0.6 is 12.4 Å². The Morgan fingerprint density at radius 2 is 1.83 bits per heavy atom. The Morgan fingerprint density at radius 1 is 1.20 bits per heavy atom. The zero-order valence-corrected chi connectivity index (χ0v) is 17.9. The van der Waals surface area contributed by atoms with Gasteiger partial charge < -0.3 is 20.3 Å². The van der Waals surface area contributed by atoms with Gasteiger partial charge in [-0.2, -0.15) is 0 Å². The van der Waals surface area contributed by atoms with E-state index in [1.807, 2.05) is 0 Å². The Bertz CT molecular complexity index is 946. The van der Waals surface area contributed by atoms with Crippen LogP contribution in [0.3, 0.4) is 0 Å². The van der Waals surface area contributed by atoms with Crippen molar-refractivity contribution in [1.29, 1.82) is 0 Å². The lowest BCUT2D eigenvalue weighted by atomic mass is 9.86. The number of aliphatic hydroxyl groups excluding tert-OH is 2. The first kappa shape index (κ1) is 24.0. The van der Waals surface area contributed by atoms with Gasteiger partial charge in [0.15, 0.2) is 9.84 Å². The molecule has 11 heteroatoms. The zero-order chi connectivity index (χ0) is 21.1. The van der Waals surface area contributed by atoms with Crippen molar-refractivity contribution in [2.24, 2.45) is 5.41 Å². The number of aliphatic hydroxyl groups is 2. The fraction of sp³-hybridized carbons (Fsp3) is 0.421. The van der Waals surface area contributed by atoms with Crippen LogP contribution < -0.4 is 10.1 Å². The van der Waals surface area contributed by atoms with Crippen molar-refractivity contribution in [1.82, 2.24) is 15.3 Å². The summed E-state index contributed by atoms with van der Waals surface area (Å²) in [4.78, 5) is 20.3. The van der Waals surface area contributed by atoms with Gasteiger partial charge >= 0.3 is 0 Å². The van der Waals surface area contributed by atoms with Crippen molar-refractivity contribution < 1.29 is 28.2 Å². The van der Waals surface area contributed by atoms with E-state index in [1.54, 1.807) is 12.1 Å². The highest BCUT2D eigenvalue weighted by Gasteiger charge is 2.45. The number of benzene rings is 1. The average molecular weight is 458 g/mol. The minimum absolute atomic E-state index is 0. The van der Waals surface area contributed by atoms with Gasteiger partial charge in [0.2, 0.25) is 0 Å². The number of hydrogen-bond acceptors (Lipinski definition) is 8. The van der Waals surface area contributed by atoms with Crippen LogP contribution in [0.2, 0.25) is 0 Å². The van der Waals surface area contributed by atoms with E-state index in [2.05, 4.69) is 15.3 Å². The third-order valence-corrected chi connectivity index (χ3v) is 6.07. The molecule has 1 aromatic carbocycles. The van der Waals surface area contributed by atoms with Gasteiger partial charge in [0, 0.05) is 30.6 Å². The molecule has 164 valence electrons. The summed E-state index contributed by atoms with van der Waals surface area (Å²) in [6, 6.07) is 5.99. The van der Waals surface area contributed by atoms with Crippen molar-refractivity contribution >= 4 is 28.2 Å². The molecule has 1 fully saturated rings.